The fraction of sp³-hybridized carbons (Fsp3) is 0.467. The Balaban J connectivity index is 1.99. The van der Waals surface area contributed by atoms with Crippen molar-refractivity contribution in [3.63, 3.8) is 0 Å². The lowest BCUT2D eigenvalue weighted by Crippen LogP contribution is -2.35. The number of nitrogens with one attached hydrogen (secondary N) is 1. The van der Waals surface area contributed by atoms with Crippen LogP contribution in [0.1, 0.15) is 42.5 Å². The van der Waals surface area contributed by atoms with E-state index < -0.39 is 5.91 Å². The Labute approximate surface area is 129 Å². The molecule has 2 atom stereocenters. The summed E-state index contributed by atoms with van der Waals surface area (Å²) < 4.78 is 0. The van der Waals surface area contributed by atoms with Gasteiger partial charge in [0.25, 0.3) is 0 Å². The topological polar surface area (TPSA) is 98.2 Å². The molecule has 5 N–H and O–H groups in total. The van der Waals surface area contributed by atoms with Crippen LogP contribution in [0.2, 0.25) is 5.02 Å². The average Bonchev–Trinajstić information content (AvgIpc) is 2.43. The second-order valence-corrected chi connectivity index (χ2v) is 5.93. The molecule has 0 radical (unpaired) electrons. The first-order valence-corrected chi connectivity index (χ1v) is 7.50. The summed E-state index contributed by atoms with van der Waals surface area (Å²) in [5, 5.41) is 3.04. The molecule has 114 valence electrons. The number of amides is 2. The molecule has 0 bridgehead atoms. The summed E-state index contributed by atoms with van der Waals surface area (Å²) in [6.07, 6.45) is 4.62. The normalized spacial score (nSPS) is 21.8. The molecule has 0 saturated heterocycles. The van der Waals surface area contributed by atoms with E-state index in [1.54, 1.807) is 12.1 Å². The molecule has 5 nitrogen and oxygen atoms in total. The molecule has 0 heterocycles. The maximum absolute atomic E-state index is 12.1. The van der Waals surface area contributed by atoms with Crippen LogP contribution in [-0.2, 0) is 4.79 Å². The fourth-order valence-electron chi connectivity index (χ4n) is 2.73. The van der Waals surface area contributed by atoms with Gasteiger partial charge in [-0.3, -0.25) is 9.59 Å². The molecule has 6 heteroatoms. The zero-order valence-corrected chi connectivity index (χ0v) is 12.5. The molecule has 2 unspecified atom stereocenters. The summed E-state index contributed by atoms with van der Waals surface area (Å²) in [6, 6.07) is 4.77. The molecule has 1 aliphatic carbocycles. The average molecular weight is 310 g/mol. The number of anilines is 1. The van der Waals surface area contributed by atoms with Crippen molar-refractivity contribution >= 4 is 29.1 Å². The molecular weight excluding hydrogens is 290 g/mol. The van der Waals surface area contributed by atoms with Crippen LogP contribution in [0.4, 0.5) is 5.69 Å². The van der Waals surface area contributed by atoms with Gasteiger partial charge >= 0.3 is 0 Å². The number of halogens is 1. The van der Waals surface area contributed by atoms with Gasteiger partial charge in [-0.1, -0.05) is 24.4 Å². The van der Waals surface area contributed by atoms with Gasteiger partial charge < -0.3 is 16.8 Å². The summed E-state index contributed by atoms with van der Waals surface area (Å²) in [5.41, 5.74) is 12.0. The maximum atomic E-state index is 12.1. The van der Waals surface area contributed by atoms with Crippen LogP contribution in [0.15, 0.2) is 18.2 Å². The Bertz CT molecular complexity index is 548. The highest BCUT2D eigenvalue weighted by Crippen LogP contribution is 2.26. The smallest absolute Gasteiger partial charge is 0.250 e. The summed E-state index contributed by atoms with van der Waals surface area (Å²) in [6.45, 7) is 0. The monoisotopic (exact) mass is 309 g/mol. The van der Waals surface area contributed by atoms with Crippen LogP contribution in [0.5, 0.6) is 0 Å². The van der Waals surface area contributed by atoms with E-state index in [2.05, 4.69) is 5.32 Å². The van der Waals surface area contributed by atoms with Gasteiger partial charge in [0.2, 0.25) is 11.8 Å². The van der Waals surface area contributed by atoms with Crippen LogP contribution in [0.25, 0.3) is 0 Å². The van der Waals surface area contributed by atoms with Crippen molar-refractivity contribution in [2.45, 2.75) is 38.1 Å². The van der Waals surface area contributed by atoms with Gasteiger partial charge in [0.05, 0.1) is 10.6 Å². The predicted octanol–water partition coefficient (Wildman–Crippen LogP) is 2.29. The van der Waals surface area contributed by atoms with Crippen molar-refractivity contribution in [2.24, 2.45) is 17.4 Å². The van der Waals surface area contributed by atoms with Gasteiger partial charge in [-0.05, 0) is 37.0 Å². The first kappa shape index (κ1) is 15.8. The molecule has 1 aromatic carbocycles. The molecule has 1 fully saturated rings. The second-order valence-electron chi connectivity index (χ2n) is 5.52. The molecule has 2 amide bonds. The molecule has 1 aliphatic rings. The minimum absolute atomic E-state index is 0.0934. The molecule has 21 heavy (non-hydrogen) atoms. The summed E-state index contributed by atoms with van der Waals surface area (Å²) in [4.78, 5) is 23.3. The number of hydrogen-bond acceptors (Lipinski definition) is 3. The van der Waals surface area contributed by atoms with Gasteiger partial charge in [-0.2, -0.15) is 0 Å². The van der Waals surface area contributed by atoms with Crippen molar-refractivity contribution < 1.29 is 9.59 Å². The lowest BCUT2D eigenvalue weighted by Gasteiger charge is -2.27. The number of benzene rings is 1. The third kappa shape index (κ3) is 4.19. The van der Waals surface area contributed by atoms with Crippen LogP contribution >= 0.6 is 11.6 Å². The van der Waals surface area contributed by atoms with Gasteiger partial charge in [0.1, 0.15) is 0 Å². The van der Waals surface area contributed by atoms with Crippen molar-refractivity contribution in [3.05, 3.63) is 28.8 Å². The number of carbonyl (C=O) groups excluding carboxylic acids is 2. The molecule has 0 spiro atoms. The highest BCUT2D eigenvalue weighted by molar-refractivity contribution is 6.33. The highest BCUT2D eigenvalue weighted by Gasteiger charge is 2.24. The van der Waals surface area contributed by atoms with E-state index in [-0.39, 0.29) is 28.5 Å². The van der Waals surface area contributed by atoms with Gasteiger partial charge in [-0.15, -0.1) is 0 Å². The molecule has 2 rings (SSSR count). The van der Waals surface area contributed by atoms with E-state index in [1.165, 1.54) is 6.07 Å². The van der Waals surface area contributed by atoms with Gasteiger partial charge in [0, 0.05) is 18.2 Å². The van der Waals surface area contributed by atoms with E-state index in [0.29, 0.717) is 12.1 Å². The van der Waals surface area contributed by atoms with Crippen molar-refractivity contribution in [2.75, 3.05) is 5.32 Å². The van der Waals surface area contributed by atoms with Crippen molar-refractivity contribution in [3.8, 4) is 0 Å². The highest BCUT2D eigenvalue weighted by atomic mass is 35.5. The van der Waals surface area contributed by atoms with E-state index in [4.69, 9.17) is 23.1 Å². The Hall–Kier alpha value is -1.59. The molecule has 1 aromatic rings. The van der Waals surface area contributed by atoms with Gasteiger partial charge in [0.15, 0.2) is 0 Å². The summed E-state index contributed by atoms with van der Waals surface area (Å²) >= 11 is 5.87. The number of nitrogens with two attached hydrogens (primary N) is 2. The van der Waals surface area contributed by atoms with Crippen molar-refractivity contribution in [1.29, 1.82) is 0 Å². The lowest BCUT2D eigenvalue weighted by molar-refractivity contribution is -0.117. The van der Waals surface area contributed by atoms with Crippen LogP contribution < -0.4 is 16.8 Å². The van der Waals surface area contributed by atoms with E-state index in [1.807, 2.05) is 0 Å². The van der Waals surface area contributed by atoms with Crippen molar-refractivity contribution in [1.82, 2.24) is 0 Å². The number of carbonyl (C=O) groups is 2. The second kappa shape index (κ2) is 6.91. The first-order chi connectivity index (χ1) is 9.97. The predicted molar refractivity (Wildman–Crippen MR) is 83.2 cm³/mol. The zero-order chi connectivity index (χ0) is 15.4. The largest absolute Gasteiger partial charge is 0.366 e. The molecule has 1 saturated carbocycles. The SMILES string of the molecule is NC(=O)c1cc(NC(=O)CC2CCCCC2N)ccc1Cl. The summed E-state index contributed by atoms with van der Waals surface area (Å²) in [5.74, 6) is -0.498. The zero-order valence-electron chi connectivity index (χ0n) is 11.8. The minimum Gasteiger partial charge on any atom is -0.366 e. The lowest BCUT2D eigenvalue weighted by atomic mass is 9.83. The van der Waals surface area contributed by atoms with E-state index in [9.17, 15) is 9.59 Å². The van der Waals surface area contributed by atoms with E-state index >= 15 is 0 Å². The molecule has 0 aromatic heterocycles. The first-order valence-electron chi connectivity index (χ1n) is 7.12. The third-order valence-corrected chi connectivity index (χ3v) is 4.26. The number of hydrogen-bond donors (Lipinski definition) is 3. The maximum Gasteiger partial charge on any atom is 0.250 e. The Morgan fingerprint density at radius 3 is 2.67 bits per heavy atom. The minimum atomic E-state index is -0.620. The van der Waals surface area contributed by atoms with Gasteiger partial charge in [-0.25, -0.2) is 0 Å². The Morgan fingerprint density at radius 1 is 1.29 bits per heavy atom. The third-order valence-electron chi connectivity index (χ3n) is 3.93. The quantitative estimate of drug-likeness (QED) is 0.795. The Kier molecular flexibility index (Phi) is 5.20. The molecule has 0 aliphatic heterocycles. The number of primary amides is 1. The van der Waals surface area contributed by atoms with Crippen LogP contribution in [0.3, 0.4) is 0 Å². The van der Waals surface area contributed by atoms with E-state index in [0.717, 1.165) is 25.7 Å². The summed E-state index contributed by atoms with van der Waals surface area (Å²) in [7, 11) is 0. The van der Waals surface area contributed by atoms with Crippen LogP contribution in [-0.4, -0.2) is 17.9 Å². The molecular formula is C15H20ClN3O2. The van der Waals surface area contributed by atoms with Crippen LogP contribution in [0, 0.1) is 5.92 Å². The standard InChI is InChI=1S/C15H20ClN3O2/c16-12-6-5-10(8-11(12)15(18)21)19-14(20)7-9-3-1-2-4-13(9)17/h5-6,8-9,13H,1-4,7,17H2,(H2,18,21)(H,19,20). The Morgan fingerprint density at radius 2 is 2.00 bits per heavy atom. The number of rotatable bonds is 4. The fourth-order valence-corrected chi connectivity index (χ4v) is 2.94.